The van der Waals surface area contributed by atoms with Crippen molar-refractivity contribution in [3.63, 3.8) is 0 Å². The zero-order valence-electron chi connectivity index (χ0n) is 14.8. The van der Waals surface area contributed by atoms with Crippen LogP contribution in [0.2, 0.25) is 0 Å². The molecular weight excluding hydrogens is 350 g/mol. The third-order valence-electron chi connectivity index (χ3n) is 4.54. The molecule has 1 atom stereocenters. The quantitative estimate of drug-likeness (QED) is 0.473. The second-order valence-corrected chi connectivity index (χ2v) is 6.40. The van der Waals surface area contributed by atoms with Gasteiger partial charge in [0, 0.05) is 26.3 Å². The van der Waals surface area contributed by atoms with Crippen LogP contribution in [0.5, 0.6) is 0 Å². The number of carbonyl (C=O) groups excluding carboxylic acids is 2. The number of carboxylic acids is 1. The van der Waals surface area contributed by atoms with Crippen LogP contribution in [0.25, 0.3) is 11.0 Å². The molecule has 2 heterocycles. The van der Waals surface area contributed by atoms with Gasteiger partial charge in [-0.25, -0.2) is 4.79 Å². The molecule has 0 spiro atoms. The number of hydrogen-bond acceptors (Lipinski definition) is 4. The first kappa shape index (κ1) is 18.5. The molecule has 1 fully saturated rings. The maximum atomic E-state index is 12.8. The summed E-state index contributed by atoms with van der Waals surface area (Å²) in [4.78, 5) is 46.9. The van der Waals surface area contributed by atoms with Crippen molar-refractivity contribution in [1.82, 2.24) is 14.5 Å². The van der Waals surface area contributed by atoms with Gasteiger partial charge in [0.2, 0.25) is 11.8 Å². The minimum atomic E-state index is -0.859. The fourth-order valence-corrected chi connectivity index (χ4v) is 3.25. The van der Waals surface area contributed by atoms with E-state index in [1.165, 1.54) is 9.13 Å². The smallest absolute Gasteiger partial charge is 0.329 e. The van der Waals surface area contributed by atoms with E-state index in [9.17, 15) is 19.2 Å². The summed E-state index contributed by atoms with van der Waals surface area (Å²) in [6.45, 7) is 0. The second kappa shape index (κ2) is 7.50. The minimum absolute atomic E-state index is 0.0588. The Morgan fingerprint density at radius 2 is 2.11 bits per heavy atom. The van der Waals surface area contributed by atoms with Gasteiger partial charge >= 0.3 is 11.7 Å². The van der Waals surface area contributed by atoms with Gasteiger partial charge in [-0.1, -0.05) is 17.9 Å². The number of unbranched alkanes of at least 4 members (excludes halogenated alkanes) is 1. The number of nitrogens with one attached hydrogen (secondary N) is 1. The second-order valence-electron chi connectivity index (χ2n) is 6.40. The lowest BCUT2D eigenvalue weighted by atomic mass is 10.1. The molecule has 1 aromatic heterocycles. The van der Waals surface area contributed by atoms with E-state index in [1.807, 2.05) is 0 Å². The number of fused-ring (bicyclic) bond motifs is 1. The molecule has 1 saturated heterocycles. The summed E-state index contributed by atoms with van der Waals surface area (Å²) < 4.78 is 2.85. The number of imide groups is 1. The Morgan fingerprint density at radius 3 is 2.81 bits per heavy atom. The third kappa shape index (κ3) is 3.62. The highest BCUT2D eigenvalue weighted by Gasteiger charge is 2.31. The Balaban J connectivity index is 1.99. The molecule has 0 saturated carbocycles. The molecule has 27 heavy (non-hydrogen) atoms. The van der Waals surface area contributed by atoms with E-state index < -0.39 is 17.9 Å². The average Bonchev–Trinajstić information content (AvgIpc) is 2.87. The largest absolute Gasteiger partial charge is 0.481 e. The monoisotopic (exact) mass is 369 g/mol. The summed E-state index contributed by atoms with van der Waals surface area (Å²) in [5, 5.41) is 10.9. The van der Waals surface area contributed by atoms with E-state index in [2.05, 4.69) is 17.2 Å². The minimum Gasteiger partial charge on any atom is -0.481 e. The van der Waals surface area contributed by atoms with Crippen molar-refractivity contribution in [2.24, 2.45) is 7.05 Å². The van der Waals surface area contributed by atoms with Gasteiger partial charge < -0.3 is 5.11 Å². The number of carboxylic acid groups (broad SMARTS) is 1. The number of aromatic nitrogens is 2. The lowest BCUT2D eigenvalue weighted by molar-refractivity contribution is -0.137. The molecule has 3 rings (SSSR count). The maximum absolute atomic E-state index is 12.8. The van der Waals surface area contributed by atoms with Crippen LogP contribution in [-0.2, 0) is 21.4 Å². The Labute approximate surface area is 154 Å². The Bertz CT molecular complexity index is 1050. The molecule has 8 heteroatoms. The molecule has 2 amide bonds. The highest BCUT2D eigenvalue weighted by atomic mass is 16.4. The summed E-state index contributed by atoms with van der Waals surface area (Å²) in [7, 11) is 1.61. The van der Waals surface area contributed by atoms with Gasteiger partial charge in [-0.2, -0.15) is 0 Å². The Morgan fingerprint density at radius 1 is 1.33 bits per heavy atom. The molecule has 1 aliphatic rings. The fraction of sp³-hybridized carbons (Fsp3) is 0.368. The first-order valence-corrected chi connectivity index (χ1v) is 8.64. The number of rotatable bonds is 4. The number of benzene rings is 1. The lowest BCUT2D eigenvalue weighted by Crippen LogP contribution is -2.44. The third-order valence-corrected chi connectivity index (χ3v) is 4.54. The number of aliphatic carboxylic acids is 1. The van der Waals surface area contributed by atoms with E-state index in [-0.39, 0.29) is 30.9 Å². The number of aryl methyl sites for hydroxylation is 1. The van der Waals surface area contributed by atoms with Gasteiger partial charge in [0.15, 0.2) is 0 Å². The summed E-state index contributed by atoms with van der Waals surface area (Å²) >= 11 is 0. The lowest BCUT2D eigenvalue weighted by Gasteiger charge is -2.21. The standard InChI is InChI=1S/C19H19N3O5/c1-21-17-12(6-3-2-4-9-16(24)25)7-5-8-13(17)22(19(21)27)14-10-11-15(23)20-18(14)26/h5,7-8,14H,2,4,9-11H2,1H3,(H,24,25)(H,20,23,26). The zero-order chi connectivity index (χ0) is 19.6. The van der Waals surface area contributed by atoms with Crippen molar-refractivity contribution in [3.8, 4) is 11.8 Å². The fourth-order valence-electron chi connectivity index (χ4n) is 3.25. The molecule has 1 unspecified atom stereocenters. The SMILES string of the molecule is Cn1c(=O)n(C2CCC(=O)NC2=O)c2cccc(C#CCCCC(=O)O)c21. The predicted octanol–water partition coefficient (Wildman–Crippen LogP) is 0.924. The van der Waals surface area contributed by atoms with E-state index >= 15 is 0 Å². The number of amides is 2. The van der Waals surface area contributed by atoms with Gasteiger partial charge in [-0.05, 0) is 25.0 Å². The van der Waals surface area contributed by atoms with Crippen LogP contribution in [0, 0.1) is 11.8 Å². The van der Waals surface area contributed by atoms with Crippen LogP contribution in [-0.4, -0.2) is 32.0 Å². The summed E-state index contributed by atoms with van der Waals surface area (Å²) in [6, 6.07) is 4.54. The summed E-state index contributed by atoms with van der Waals surface area (Å²) in [6.07, 6.45) is 1.40. The number of carbonyl (C=O) groups is 3. The number of para-hydroxylation sites is 1. The van der Waals surface area contributed by atoms with Crippen LogP contribution in [0.3, 0.4) is 0 Å². The van der Waals surface area contributed by atoms with E-state index in [0.29, 0.717) is 29.4 Å². The molecule has 2 aromatic rings. The van der Waals surface area contributed by atoms with Crippen LogP contribution in [0.15, 0.2) is 23.0 Å². The molecule has 1 aliphatic heterocycles. The molecule has 0 bridgehead atoms. The van der Waals surface area contributed by atoms with Crippen LogP contribution >= 0.6 is 0 Å². The number of hydrogen-bond donors (Lipinski definition) is 2. The summed E-state index contributed by atoms with van der Waals surface area (Å²) in [5.74, 6) is 4.26. The van der Waals surface area contributed by atoms with Gasteiger partial charge in [-0.3, -0.25) is 28.8 Å². The van der Waals surface area contributed by atoms with Crippen molar-refractivity contribution >= 4 is 28.8 Å². The molecule has 2 N–H and O–H groups in total. The molecule has 0 aliphatic carbocycles. The number of piperidine rings is 1. The first-order chi connectivity index (χ1) is 12.9. The van der Waals surface area contributed by atoms with Gasteiger partial charge in [0.1, 0.15) is 6.04 Å². The van der Waals surface area contributed by atoms with Crippen LogP contribution in [0.1, 0.15) is 43.7 Å². The number of imidazole rings is 1. The Hall–Kier alpha value is -3.34. The van der Waals surface area contributed by atoms with Crippen molar-refractivity contribution in [2.75, 3.05) is 0 Å². The maximum Gasteiger partial charge on any atom is 0.329 e. The van der Waals surface area contributed by atoms with Crippen LogP contribution in [0.4, 0.5) is 0 Å². The first-order valence-electron chi connectivity index (χ1n) is 8.64. The highest BCUT2D eigenvalue weighted by molar-refractivity contribution is 6.00. The predicted molar refractivity (Wildman–Crippen MR) is 97.0 cm³/mol. The van der Waals surface area contributed by atoms with Crippen molar-refractivity contribution in [3.05, 3.63) is 34.2 Å². The average molecular weight is 369 g/mol. The van der Waals surface area contributed by atoms with Crippen molar-refractivity contribution in [1.29, 1.82) is 0 Å². The topological polar surface area (TPSA) is 110 Å². The molecule has 8 nitrogen and oxygen atoms in total. The molecule has 1 aromatic carbocycles. The molecule has 0 radical (unpaired) electrons. The van der Waals surface area contributed by atoms with E-state index in [1.54, 1.807) is 25.2 Å². The van der Waals surface area contributed by atoms with Crippen molar-refractivity contribution < 1.29 is 19.5 Å². The molecular formula is C19H19N3O5. The zero-order valence-corrected chi connectivity index (χ0v) is 14.8. The Kier molecular flexibility index (Phi) is 5.12. The van der Waals surface area contributed by atoms with Crippen molar-refractivity contribution in [2.45, 2.75) is 38.1 Å². The molecule has 140 valence electrons. The van der Waals surface area contributed by atoms with E-state index in [4.69, 9.17) is 5.11 Å². The van der Waals surface area contributed by atoms with Crippen LogP contribution < -0.4 is 11.0 Å². The number of nitrogens with zero attached hydrogens (tertiary/aromatic N) is 2. The highest BCUT2D eigenvalue weighted by Crippen LogP contribution is 2.24. The summed E-state index contributed by atoms with van der Waals surface area (Å²) in [5.41, 5.74) is 1.47. The normalized spacial score (nSPS) is 16.7. The van der Waals surface area contributed by atoms with E-state index in [0.717, 1.165) is 0 Å². The van der Waals surface area contributed by atoms with Gasteiger partial charge in [-0.15, -0.1) is 0 Å². The van der Waals surface area contributed by atoms with Gasteiger partial charge in [0.25, 0.3) is 0 Å². The van der Waals surface area contributed by atoms with Gasteiger partial charge in [0.05, 0.1) is 16.6 Å².